The number of aromatic nitrogens is 3. The maximum absolute atomic E-state index is 5.95. The monoisotopic (exact) mass is 258 g/mol. The lowest BCUT2D eigenvalue weighted by molar-refractivity contribution is 0.202. The first kappa shape index (κ1) is 12.2. The lowest BCUT2D eigenvalue weighted by Crippen LogP contribution is -2.07. The van der Waals surface area contributed by atoms with Crippen molar-refractivity contribution in [2.24, 2.45) is 0 Å². The Morgan fingerprint density at radius 3 is 2.89 bits per heavy atom. The molecule has 0 atom stereocenters. The van der Waals surface area contributed by atoms with Crippen LogP contribution in [0.1, 0.15) is 30.0 Å². The number of hydrogen-bond donors (Lipinski definition) is 1. The summed E-state index contributed by atoms with van der Waals surface area (Å²) in [5.74, 6) is 1.08. The van der Waals surface area contributed by atoms with Gasteiger partial charge in [0.2, 0.25) is 0 Å². The van der Waals surface area contributed by atoms with E-state index < -0.39 is 0 Å². The van der Waals surface area contributed by atoms with Gasteiger partial charge in [-0.1, -0.05) is 23.4 Å². The molecule has 0 aliphatic heterocycles. The second-order valence-corrected chi connectivity index (χ2v) is 4.92. The third-order valence-corrected chi connectivity index (χ3v) is 3.49. The Balaban J connectivity index is 2.01. The highest BCUT2D eigenvalue weighted by Crippen LogP contribution is 2.42. The third-order valence-electron chi connectivity index (χ3n) is 3.49. The first-order chi connectivity index (χ1) is 9.31. The molecule has 5 nitrogen and oxygen atoms in total. The van der Waals surface area contributed by atoms with Crippen molar-refractivity contribution in [1.82, 2.24) is 15.0 Å². The molecule has 0 saturated heterocycles. The van der Waals surface area contributed by atoms with Gasteiger partial charge in [0.05, 0.1) is 18.0 Å². The average molecular weight is 258 g/mol. The Kier molecular flexibility index (Phi) is 3.21. The fraction of sp³-hybridized carbons (Fsp3) is 0.429. The second-order valence-electron chi connectivity index (χ2n) is 4.92. The fourth-order valence-electron chi connectivity index (χ4n) is 2.36. The van der Waals surface area contributed by atoms with E-state index in [0.29, 0.717) is 18.3 Å². The Hall–Kier alpha value is -1.88. The summed E-state index contributed by atoms with van der Waals surface area (Å²) in [7, 11) is 1.71. The van der Waals surface area contributed by atoms with Gasteiger partial charge >= 0.3 is 0 Å². The molecule has 3 rings (SSSR count). The zero-order valence-corrected chi connectivity index (χ0v) is 11.0. The van der Waals surface area contributed by atoms with Crippen molar-refractivity contribution in [3.8, 4) is 5.69 Å². The van der Waals surface area contributed by atoms with E-state index in [9.17, 15) is 0 Å². The predicted molar refractivity (Wildman–Crippen MR) is 73.3 cm³/mol. The molecule has 0 radical (unpaired) electrons. The van der Waals surface area contributed by atoms with E-state index in [-0.39, 0.29) is 0 Å². The molecular weight excluding hydrogens is 240 g/mol. The van der Waals surface area contributed by atoms with Crippen LogP contribution in [-0.2, 0) is 11.2 Å². The van der Waals surface area contributed by atoms with Crippen LogP contribution < -0.4 is 5.73 Å². The molecule has 1 aromatic heterocycles. The molecule has 100 valence electrons. The number of hydrogen-bond acceptors (Lipinski definition) is 4. The van der Waals surface area contributed by atoms with E-state index in [4.69, 9.17) is 10.5 Å². The molecule has 0 bridgehead atoms. The molecule has 1 heterocycles. The summed E-state index contributed by atoms with van der Waals surface area (Å²) in [6, 6.07) is 8.21. The maximum atomic E-state index is 5.95. The van der Waals surface area contributed by atoms with Crippen LogP contribution >= 0.6 is 0 Å². The van der Waals surface area contributed by atoms with E-state index >= 15 is 0 Å². The van der Waals surface area contributed by atoms with Gasteiger partial charge < -0.3 is 10.5 Å². The molecule has 1 fully saturated rings. The van der Waals surface area contributed by atoms with Crippen molar-refractivity contribution in [2.75, 3.05) is 19.5 Å². The van der Waals surface area contributed by atoms with Crippen LogP contribution in [0.15, 0.2) is 24.3 Å². The van der Waals surface area contributed by atoms with Crippen molar-refractivity contribution < 1.29 is 4.74 Å². The average Bonchev–Trinajstić information content (AvgIpc) is 3.20. The van der Waals surface area contributed by atoms with E-state index in [2.05, 4.69) is 22.4 Å². The zero-order chi connectivity index (χ0) is 13.2. The summed E-state index contributed by atoms with van der Waals surface area (Å²) in [5, 5.41) is 8.25. The van der Waals surface area contributed by atoms with Gasteiger partial charge in [-0.15, -0.1) is 5.10 Å². The van der Waals surface area contributed by atoms with Gasteiger partial charge in [-0.05, 0) is 30.9 Å². The molecule has 0 spiro atoms. The lowest BCUT2D eigenvalue weighted by atomic mass is 10.1. The fourth-order valence-corrected chi connectivity index (χ4v) is 2.36. The number of nitrogen functional groups attached to an aromatic ring is 1. The number of para-hydroxylation sites is 1. The molecule has 1 aliphatic carbocycles. The SMILES string of the molecule is COCCc1ccccc1-n1nnc(N)c1C1CC1. The Bertz CT molecular complexity index is 575. The summed E-state index contributed by atoms with van der Waals surface area (Å²) in [6.07, 6.45) is 3.21. The topological polar surface area (TPSA) is 66.0 Å². The summed E-state index contributed by atoms with van der Waals surface area (Å²) >= 11 is 0. The second kappa shape index (κ2) is 5.01. The molecule has 5 heteroatoms. The van der Waals surface area contributed by atoms with Crippen LogP contribution in [0.5, 0.6) is 0 Å². The minimum atomic E-state index is 0.519. The van der Waals surface area contributed by atoms with Gasteiger partial charge in [-0.25, -0.2) is 4.68 Å². The number of nitrogens with two attached hydrogens (primary N) is 1. The predicted octanol–water partition coefficient (Wildman–Crippen LogP) is 1.92. The molecule has 1 saturated carbocycles. The Morgan fingerprint density at radius 1 is 1.37 bits per heavy atom. The Labute approximate surface area is 112 Å². The van der Waals surface area contributed by atoms with Gasteiger partial charge in [0.1, 0.15) is 0 Å². The van der Waals surface area contributed by atoms with Gasteiger partial charge in [-0.3, -0.25) is 0 Å². The van der Waals surface area contributed by atoms with Crippen molar-refractivity contribution in [3.63, 3.8) is 0 Å². The molecule has 1 aromatic carbocycles. The number of anilines is 1. The zero-order valence-electron chi connectivity index (χ0n) is 11.0. The number of rotatable bonds is 5. The van der Waals surface area contributed by atoms with Gasteiger partial charge in [-0.2, -0.15) is 0 Å². The minimum Gasteiger partial charge on any atom is -0.384 e. The minimum absolute atomic E-state index is 0.519. The van der Waals surface area contributed by atoms with Crippen molar-refractivity contribution in [3.05, 3.63) is 35.5 Å². The molecule has 0 amide bonds. The van der Waals surface area contributed by atoms with E-state index in [1.165, 1.54) is 18.4 Å². The molecule has 1 aliphatic rings. The third kappa shape index (κ3) is 2.33. The van der Waals surface area contributed by atoms with Crippen LogP contribution in [0.3, 0.4) is 0 Å². The highest BCUT2D eigenvalue weighted by atomic mass is 16.5. The summed E-state index contributed by atoms with van der Waals surface area (Å²) in [4.78, 5) is 0. The van der Waals surface area contributed by atoms with E-state index in [1.54, 1.807) is 7.11 Å². The summed E-state index contributed by atoms with van der Waals surface area (Å²) in [5.41, 5.74) is 9.28. The number of methoxy groups -OCH3 is 1. The van der Waals surface area contributed by atoms with Crippen LogP contribution in [0, 0.1) is 0 Å². The molecular formula is C14H18N4O. The molecule has 19 heavy (non-hydrogen) atoms. The molecule has 2 N–H and O–H groups in total. The number of benzene rings is 1. The normalized spacial score (nSPS) is 14.8. The van der Waals surface area contributed by atoms with Crippen LogP contribution in [-0.4, -0.2) is 28.7 Å². The summed E-state index contributed by atoms with van der Waals surface area (Å²) < 4.78 is 7.06. The van der Waals surface area contributed by atoms with Crippen molar-refractivity contribution in [1.29, 1.82) is 0 Å². The first-order valence-electron chi connectivity index (χ1n) is 6.59. The smallest absolute Gasteiger partial charge is 0.169 e. The highest BCUT2D eigenvalue weighted by molar-refractivity contribution is 5.48. The van der Waals surface area contributed by atoms with Gasteiger partial charge in [0.15, 0.2) is 5.82 Å². The first-order valence-corrected chi connectivity index (χ1v) is 6.59. The van der Waals surface area contributed by atoms with Gasteiger partial charge in [0, 0.05) is 13.0 Å². The maximum Gasteiger partial charge on any atom is 0.169 e. The van der Waals surface area contributed by atoms with E-state index in [1.807, 2.05) is 16.8 Å². The van der Waals surface area contributed by atoms with Gasteiger partial charge in [0.25, 0.3) is 0 Å². The van der Waals surface area contributed by atoms with Crippen LogP contribution in [0.25, 0.3) is 5.69 Å². The molecule has 2 aromatic rings. The standard InChI is InChI=1S/C14H18N4O/c1-19-9-8-10-4-2-3-5-12(10)18-13(11-6-7-11)14(15)16-17-18/h2-5,11H,6-9,15H2,1H3. The number of ether oxygens (including phenoxy) is 1. The Morgan fingerprint density at radius 2 is 2.16 bits per heavy atom. The van der Waals surface area contributed by atoms with E-state index in [0.717, 1.165) is 17.8 Å². The summed E-state index contributed by atoms with van der Waals surface area (Å²) in [6.45, 7) is 0.694. The quantitative estimate of drug-likeness (QED) is 0.889. The van der Waals surface area contributed by atoms with Crippen LogP contribution in [0.2, 0.25) is 0 Å². The van der Waals surface area contributed by atoms with Crippen LogP contribution in [0.4, 0.5) is 5.82 Å². The van der Waals surface area contributed by atoms with Crippen molar-refractivity contribution in [2.45, 2.75) is 25.2 Å². The number of nitrogens with zero attached hydrogens (tertiary/aromatic N) is 3. The highest BCUT2D eigenvalue weighted by Gasteiger charge is 2.31. The van der Waals surface area contributed by atoms with Crippen molar-refractivity contribution >= 4 is 5.82 Å². The lowest BCUT2D eigenvalue weighted by Gasteiger charge is -2.11. The molecule has 0 unspecified atom stereocenters. The largest absolute Gasteiger partial charge is 0.384 e.